The Bertz CT molecular complexity index is 1040. The molecule has 3 amide bonds. The summed E-state index contributed by atoms with van der Waals surface area (Å²) in [4.78, 5) is 26.9. The number of likely N-dealkylation sites (tertiary alicyclic amines) is 1. The summed E-state index contributed by atoms with van der Waals surface area (Å²) in [6.45, 7) is 1.07. The monoisotopic (exact) mass is 402 g/mol. The molecule has 1 saturated heterocycles. The third kappa shape index (κ3) is 4.38. The van der Waals surface area contributed by atoms with Crippen molar-refractivity contribution in [2.45, 2.75) is 25.4 Å². The smallest absolute Gasteiger partial charge is 0.315 e. The molecule has 0 radical (unpaired) electrons. The van der Waals surface area contributed by atoms with E-state index < -0.39 is 0 Å². The molecule has 1 heterocycles. The SMILES string of the molecule is Nc1ccc(CNC(=O)NCC(=O)N2CCC[C@@H]2c2cccc3ccccc23)cc1. The van der Waals surface area contributed by atoms with Crippen molar-refractivity contribution in [2.75, 3.05) is 18.8 Å². The highest BCUT2D eigenvalue weighted by atomic mass is 16.2. The van der Waals surface area contributed by atoms with E-state index >= 15 is 0 Å². The van der Waals surface area contributed by atoms with Crippen LogP contribution in [0.3, 0.4) is 0 Å². The van der Waals surface area contributed by atoms with Crippen molar-refractivity contribution in [1.82, 2.24) is 15.5 Å². The quantitative estimate of drug-likeness (QED) is 0.570. The normalized spacial score (nSPS) is 15.9. The van der Waals surface area contributed by atoms with E-state index in [0.717, 1.165) is 18.4 Å². The Labute approximate surface area is 176 Å². The second-order valence-corrected chi connectivity index (χ2v) is 7.59. The number of benzene rings is 3. The number of urea groups is 1. The first kappa shape index (κ1) is 19.8. The lowest BCUT2D eigenvalue weighted by atomic mass is 9.97. The van der Waals surface area contributed by atoms with Crippen molar-refractivity contribution in [3.05, 3.63) is 77.9 Å². The van der Waals surface area contributed by atoms with Crippen LogP contribution in [-0.2, 0) is 11.3 Å². The number of nitrogens with two attached hydrogens (primary N) is 1. The molecule has 0 aromatic heterocycles. The zero-order chi connectivity index (χ0) is 20.9. The fraction of sp³-hybridized carbons (Fsp3) is 0.250. The average molecular weight is 402 g/mol. The molecule has 6 nitrogen and oxygen atoms in total. The van der Waals surface area contributed by atoms with Gasteiger partial charge in [0.05, 0.1) is 12.6 Å². The summed E-state index contributed by atoms with van der Waals surface area (Å²) in [6.07, 6.45) is 1.89. The van der Waals surface area contributed by atoms with Gasteiger partial charge in [0, 0.05) is 18.8 Å². The molecule has 154 valence electrons. The summed E-state index contributed by atoms with van der Waals surface area (Å²) in [6, 6.07) is 21.5. The summed E-state index contributed by atoms with van der Waals surface area (Å²) in [5, 5.41) is 7.81. The molecule has 4 rings (SSSR count). The van der Waals surface area contributed by atoms with Gasteiger partial charge in [-0.2, -0.15) is 0 Å². The summed E-state index contributed by atoms with van der Waals surface area (Å²) in [5.41, 5.74) is 8.46. The Hall–Kier alpha value is -3.54. The van der Waals surface area contributed by atoms with Gasteiger partial charge in [-0.1, -0.05) is 54.6 Å². The molecule has 4 N–H and O–H groups in total. The van der Waals surface area contributed by atoms with E-state index in [1.165, 1.54) is 16.3 Å². The van der Waals surface area contributed by atoms with Crippen molar-refractivity contribution in [2.24, 2.45) is 0 Å². The van der Waals surface area contributed by atoms with Crippen LogP contribution in [0.4, 0.5) is 10.5 Å². The first-order valence-electron chi connectivity index (χ1n) is 10.2. The first-order chi connectivity index (χ1) is 14.6. The molecular formula is C24H26N4O2. The van der Waals surface area contributed by atoms with Crippen molar-refractivity contribution >= 4 is 28.4 Å². The van der Waals surface area contributed by atoms with E-state index in [-0.39, 0.29) is 24.5 Å². The minimum Gasteiger partial charge on any atom is -0.399 e. The van der Waals surface area contributed by atoms with E-state index in [1.54, 1.807) is 12.1 Å². The van der Waals surface area contributed by atoms with Gasteiger partial charge < -0.3 is 21.3 Å². The molecule has 30 heavy (non-hydrogen) atoms. The predicted octanol–water partition coefficient (Wildman–Crippen LogP) is 3.58. The van der Waals surface area contributed by atoms with E-state index in [1.807, 2.05) is 35.2 Å². The van der Waals surface area contributed by atoms with Crippen LogP contribution in [0.15, 0.2) is 66.7 Å². The molecule has 0 bridgehead atoms. The van der Waals surface area contributed by atoms with Gasteiger partial charge in [0.15, 0.2) is 0 Å². The highest BCUT2D eigenvalue weighted by Gasteiger charge is 2.30. The lowest BCUT2D eigenvalue weighted by molar-refractivity contribution is -0.131. The average Bonchev–Trinajstić information content (AvgIpc) is 3.26. The largest absolute Gasteiger partial charge is 0.399 e. The van der Waals surface area contributed by atoms with Crippen LogP contribution in [0.2, 0.25) is 0 Å². The fourth-order valence-corrected chi connectivity index (χ4v) is 4.07. The molecule has 1 atom stereocenters. The minimum absolute atomic E-state index is 0.0190. The highest BCUT2D eigenvalue weighted by Crippen LogP contribution is 2.35. The number of carbonyl (C=O) groups is 2. The van der Waals surface area contributed by atoms with Gasteiger partial charge in [0.25, 0.3) is 0 Å². The lowest BCUT2D eigenvalue weighted by Gasteiger charge is -2.26. The molecule has 3 aromatic rings. The second kappa shape index (κ2) is 8.86. The fourth-order valence-electron chi connectivity index (χ4n) is 4.07. The molecule has 6 heteroatoms. The maximum absolute atomic E-state index is 12.9. The maximum atomic E-state index is 12.9. The lowest BCUT2D eigenvalue weighted by Crippen LogP contribution is -2.43. The van der Waals surface area contributed by atoms with E-state index in [0.29, 0.717) is 18.8 Å². The third-order valence-electron chi connectivity index (χ3n) is 5.59. The number of nitrogens with zero attached hydrogens (tertiary/aromatic N) is 1. The van der Waals surface area contributed by atoms with Crippen molar-refractivity contribution < 1.29 is 9.59 Å². The Morgan fingerprint density at radius 1 is 0.967 bits per heavy atom. The van der Waals surface area contributed by atoms with Gasteiger partial charge in [-0.05, 0) is 46.9 Å². The van der Waals surface area contributed by atoms with Crippen LogP contribution in [0.1, 0.15) is 30.0 Å². The Morgan fingerprint density at radius 3 is 2.57 bits per heavy atom. The number of nitrogen functional groups attached to an aromatic ring is 1. The number of carbonyl (C=O) groups excluding carboxylic acids is 2. The first-order valence-corrected chi connectivity index (χ1v) is 10.2. The summed E-state index contributed by atoms with van der Waals surface area (Å²) < 4.78 is 0. The molecular weight excluding hydrogens is 376 g/mol. The number of anilines is 1. The van der Waals surface area contributed by atoms with Crippen molar-refractivity contribution in [1.29, 1.82) is 0 Å². The molecule has 1 fully saturated rings. The van der Waals surface area contributed by atoms with Crippen molar-refractivity contribution in [3.63, 3.8) is 0 Å². The number of rotatable bonds is 5. The number of hydrogen-bond donors (Lipinski definition) is 3. The standard InChI is InChI=1S/C24H26N4O2/c25-19-12-10-17(11-13-19)15-26-24(30)27-16-23(29)28-14-4-9-22(28)21-8-3-6-18-5-1-2-7-20(18)21/h1-3,5-8,10-13,22H,4,9,14-16,25H2,(H2,26,27,30)/t22-/m1/s1. The zero-order valence-corrected chi connectivity index (χ0v) is 16.8. The summed E-state index contributed by atoms with van der Waals surface area (Å²) in [5.74, 6) is -0.0620. The highest BCUT2D eigenvalue weighted by molar-refractivity contribution is 5.88. The van der Waals surface area contributed by atoms with Gasteiger partial charge in [-0.15, -0.1) is 0 Å². The molecule has 3 aromatic carbocycles. The Morgan fingerprint density at radius 2 is 1.73 bits per heavy atom. The van der Waals surface area contributed by atoms with Gasteiger partial charge in [-0.3, -0.25) is 4.79 Å². The Balaban J connectivity index is 1.35. The maximum Gasteiger partial charge on any atom is 0.315 e. The van der Waals surface area contributed by atoms with Crippen LogP contribution in [0.25, 0.3) is 10.8 Å². The van der Waals surface area contributed by atoms with Crippen LogP contribution < -0.4 is 16.4 Å². The number of nitrogens with one attached hydrogen (secondary N) is 2. The predicted molar refractivity (Wildman–Crippen MR) is 119 cm³/mol. The second-order valence-electron chi connectivity index (χ2n) is 7.59. The van der Waals surface area contributed by atoms with Gasteiger partial charge in [0.2, 0.25) is 5.91 Å². The van der Waals surface area contributed by atoms with Crippen LogP contribution in [0, 0.1) is 0 Å². The number of fused-ring (bicyclic) bond motifs is 1. The van der Waals surface area contributed by atoms with E-state index in [2.05, 4.69) is 34.9 Å². The molecule has 1 aliphatic rings. The topological polar surface area (TPSA) is 87.5 Å². The molecule has 0 spiro atoms. The van der Waals surface area contributed by atoms with E-state index in [4.69, 9.17) is 5.73 Å². The number of hydrogen-bond acceptors (Lipinski definition) is 3. The molecule has 0 unspecified atom stereocenters. The van der Waals surface area contributed by atoms with Crippen molar-refractivity contribution in [3.8, 4) is 0 Å². The minimum atomic E-state index is -0.360. The molecule has 0 aliphatic carbocycles. The van der Waals surface area contributed by atoms with Gasteiger partial charge in [0.1, 0.15) is 0 Å². The number of amides is 3. The zero-order valence-electron chi connectivity index (χ0n) is 16.8. The Kier molecular flexibility index (Phi) is 5.84. The molecule has 1 aliphatic heterocycles. The van der Waals surface area contributed by atoms with Crippen LogP contribution in [0.5, 0.6) is 0 Å². The van der Waals surface area contributed by atoms with Gasteiger partial charge >= 0.3 is 6.03 Å². The van der Waals surface area contributed by atoms with Crippen LogP contribution >= 0.6 is 0 Å². The van der Waals surface area contributed by atoms with Crippen LogP contribution in [-0.4, -0.2) is 29.9 Å². The van der Waals surface area contributed by atoms with Gasteiger partial charge in [-0.25, -0.2) is 4.79 Å². The molecule has 0 saturated carbocycles. The third-order valence-corrected chi connectivity index (χ3v) is 5.59. The summed E-state index contributed by atoms with van der Waals surface area (Å²) in [7, 11) is 0. The summed E-state index contributed by atoms with van der Waals surface area (Å²) >= 11 is 0. The van der Waals surface area contributed by atoms with E-state index in [9.17, 15) is 9.59 Å².